The molecule has 0 radical (unpaired) electrons. The summed E-state index contributed by atoms with van der Waals surface area (Å²) in [6.45, 7) is -0.140. The van der Waals surface area contributed by atoms with E-state index in [4.69, 9.17) is 11.5 Å². The lowest BCUT2D eigenvalue weighted by Gasteiger charge is -2.32. The average molecular weight is 454 g/mol. The summed E-state index contributed by atoms with van der Waals surface area (Å²) >= 11 is 0. The minimum absolute atomic E-state index is 0.0315. The minimum atomic E-state index is -4.83. The largest absolute Gasteiger partial charge is 0.461 e. The van der Waals surface area contributed by atoms with Crippen molar-refractivity contribution >= 4 is 0 Å². The van der Waals surface area contributed by atoms with Gasteiger partial charge in [0.1, 0.15) is 17.4 Å². The van der Waals surface area contributed by atoms with Crippen LogP contribution in [0, 0.1) is 11.6 Å². The molecule has 4 N–H and O–H groups in total. The second-order valence-electron chi connectivity index (χ2n) is 7.28. The topological polar surface area (TPSA) is 61.3 Å². The van der Waals surface area contributed by atoms with Crippen LogP contribution in [0.25, 0.3) is 0 Å². The van der Waals surface area contributed by atoms with E-state index in [1.807, 2.05) is 0 Å². The van der Waals surface area contributed by atoms with Gasteiger partial charge in [-0.05, 0) is 47.4 Å². The Labute approximate surface area is 180 Å². The van der Waals surface area contributed by atoms with Gasteiger partial charge >= 0.3 is 12.5 Å². The molecule has 3 aromatic carbocycles. The molecule has 3 rings (SSSR count). The van der Waals surface area contributed by atoms with Crippen molar-refractivity contribution in [1.29, 1.82) is 0 Å². The first-order chi connectivity index (χ1) is 15.0. The van der Waals surface area contributed by atoms with Crippen molar-refractivity contribution in [1.82, 2.24) is 0 Å². The number of halogens is 6. The van der Waals surface area contributed by atoms with Crippen LogP contribution >= 0.6 is 0 Å². The second-order valence-corrected chi connectivity index (χ2v) is 7.28. The van der Waals surface area contributed by atoms with E-state index in [9.17, 15) is 26.3 Å². The number of ether oxygens (including phenoxy) is 1. The van der Waals surface area contributed by atoms with Crippen LogP contribution in [0.1, 0.15) is 22.3 Å². The van der Waals surface area contributed by atoms with Crippen molar-refractivity contribution in [2.75, 3.05) is 0 Å². The Morgan fingerprint density at radius 1 is 0.875 bits per heavy atom. The molecule has 1 atom stereocenters. The van der Waals surface area contributed by atoms with Gasteiger partial charge in [0.05, 0.1) is 5.54 Å². The summed E-state index contributed by atoms with van der Waals surface area (Å²) in [6.07, 6.45) is -8.90. The fourth-order valence-corrected chi connectivity index (χ4v) is 3.38. The third-order valence-electron chi connectivity index (χ3n) is 5.00. The molecule has 9 heteroatoms. The Hall–Kier alpha value is -3.04. The maximum absolute atomic E-state index is 14.4. The molecule has 0 aliphatic rings. The van der Waals surface area contributed by atoms with Crippen molar-refractivity contribution in [3.8, 4) is 5.75 Å². The SMILES string of the molecule is NCc1cc(C(N)(Cc2ccccc2)c2cc(F)cc(OC(F)(F)C(F)F)c2)ccc1F. The van der Waals surface area contributed by atoms with Gasteiger partial charge in [0.25, 0.3) is 0 Å². The Bertz CT molecular complexity index is 1080. The summed E-state index contributed by atoms with van der Waals surface area (Å²) in [6, 6.07) is 15.2. The van der Waals surface area contributed by atoms with Crippen LogP contribution in [0.4, 0.5) is 26.3 Å². The van der Waals surface area contributed by atoms with Crippen LogP contribution in [0.5, 0.6) is 5.75 Å². The van der Waals surface area contributed by atoms with E-state index in [0.717, 1.165) is 18.2 Å². The molecule has 32 heavy (non-hydrogen) atoms. The van der Waals surface area contributed by atoms with E-state index < -0.39 is 35.5 Å². The maximum Gasteiger partial charge on any atom is 0.461 e. The van der Waals surface area contributed by atoms with E-state index in [0.29, 0.717) is 17.2 Å². The smallest absolute Gasteiger partial charge is 0.428 e. The molecule has 0 amide bonds. The van der Waals surface area contributed by atoms with Crippen LogP contribution in [0.2, 0.25) is 0 Å². The molecule has 0 saturated carbocycles. The fourth-order valence-electron chi connectivity index (χ4n) is 3.38. The van der Waals surface area contributed by atoms with Gasteiger partial charge in [-0.15, -0.1) is 0 Å². The molecule has 0 aromatic heterocycles. The van der Waals surface area contributed by atoms with Crippen molar-refractivity contribution in [2.24, 2.45) is 11.5 Å². The van der Waals surface area contributed by atoms with Gasteiger partial charge in [0.15, 0.2) is 0 Å². The van der Waals surface area contributed by atoms with E-state index >= 15 is 0 Å². The summed E-state index contributed by atoms with van der Waals surface area (Å²) in [5, 5.41) is 0. The van der Waals surface area contributed by atoms with Crippen LogP contribution in [-0.4, -0.2) is 12.5 Å². The van der Waals surface area contributed by atoms with E-state index in [2.05, 4.69) is 4.74 Å². The van der Waals surface area contributed by atoms with Crippen molar-refractivity contribution in [3.63, 3.8) is 0 Å². The molecule has 0 aliphatic carbocycles. The zero-order chi connectivity index (χ0) is 23.5. The Balaban J connectivity index is 2.15. The summed E-state index contributed by atoms with van der Waals surface area (Å²) < 4.78 is 84.4. The highest BCUT2D eigenvalue weighted by atomic mass is 19.3. The van der Waals surface area contributed by atoms with E-state index in [1.165, 1.54) is 12.1 Å². The number of benzene rings is 3. The highest BCUT2D eigenvalue weighted by molar-refractivity contribution is 5.45. The summed E-state index contributed by atoms with van der Waals surface area (Å²) in [5.74, 6) is -2.42. The standard InChI is InChI=1S/C23H20F6N2O/c24-18-9-17(10-19(11-18)32-23(28,29)21(26)27)22(31,12-14-4-2-1-3-5-14)16-6-7-20(25)15(8-16)13-30/h1-11,21H,12-13,30-31H2. The molecule has 3 nitrogen and oxygen atoms in total. The first-order valence-corrected chi connectivity index (χ1v) is 9.53. The quantitative estimate of drug-likeness (QED) is 0.466. The van der Waals surface area contributed by atoms with Gasteiger partial charge in [-0.2, -0.15) is 17.6 Å². The molecule has 0 aliphatic heterocycles. The molecule has 0 bridgehead atoms. The summed E-state index contributed by atoms with van der Waals surface area (Å²) in [7, 11) is 0. The van der Waals surface area contributed by atoms with Crippen LogP contribution in [0.3, 0.4) is 0 Å². The highest BCUT2D eigenvalue weighted by Crippen LogP contribution is 2.36. The zero-order valence-electron chi connectivity index (χ0n) is 16.7. The highest BCUT2D eigenvalue weighted by Gasteiger charge is 2.44. The van der Waals surface area contributed by atoms with Gasteiger partial charge in [0.2, 0.25) is 0 Å². The first kappa shape index (κ1) is 23.6. The van der Waals surface area contributed by atoms with E-state index in [1.54, 1.807) is 30.3 Å². The molecular formula is C23H20F6N2O. The average Bonchev–Trinajstić information content (AvgIpc) is 2.73. The normalized spacial score (nSPS) is 13.8. The molecule has 0 spiro atoms. The number of rotatable bonds is 8. The Morgan fingerprint density at radius 2 is 1.56 bits per heavy atom. The lowest BCUT2D eigenvalue weighted by Crippen LogP contribution is -2.41. The molecule has 3 aromatic rings. The molecule has 0 fully saturated rings. The van der Waals surface area contributed by atoms with Gasteiger partial charge in [-0.25, -0.2) is 8.78 Å². The Morgan fingerprint density at radius 3 is 2.19 bits per heavy atom. The first-order valence-electron chi connectivity index (χ1n) is 9.53. The number of hydrogen-bond acceptors (Lipinski definition) is 3. The molecule has 170 valence electrons. The third-order valence-corrected chi connectivity index (χ3v) is 5.00. The Kier molecular flexibility index (Phi) is 6.80. The zero-order valence-corrected chi connectivity index (χ0v) is 16.7. The predicted octanol–water partition coefficient (Wildman–Crippen LogP) is 5.11. The minimum Gasteiger partial charge on any atom is -0.428 e. The van der Waals surface area contributed by atoms with Crippen molar-refractivity contribution < 1.29 is 31.1 Å². The van der Waals surface area contributed by atoms with E-state index in [-0.39, 0.29) is 24.1 Å². The second kappa shape index (κ2) is 9.22. The van der Waals surface area contributed by atoms with Gasteiger partial charge in [0, 0.05) is 18.2 Å². The molecule has 0 heterocycles. The van der Waals surface area contributed by atoms with Gasteiger partial charge < -0.3 is 16.2 Å². The van der Waals surface area contributed by atoms with Gasteiger partial charge in [-0.1, -0.05) is 36.4 Å². The molecular weight excluding hydrogens is 434 g/mol. The van der Waals surface area contributed by atoms with Gasteiger partial charge in [-0.3, -0.25) is 0 Å². The molecule has 1 unspecified atom stereocenters. The lowest BCUT2D eigenvalue weighted by atomic mass is 9.78. The van der Waals surface area contributed by atoms with Crippen LogP contribution < -0.4 is 16.2 Å². The third kappa shape index (κ3) is 5.05. The summed E-state index contributed by atoms with van der Waals surface area (Å²) in [5.41, 5.74) is 11.9. The van der Waals surface area contributed by atoms with Crippen molar-refractivity contribution in [3.05, 3.63) is 101 Å². The number of alkyl halides is 4. The number of hydrogen-bond donors (Lipinski definition) is 2. The monoisotopic (exact) mass is 454 g/mol. The van der Waals surface area contributed by atoms with Crippen LogP contribution in [-0.2, 0) is 18.5 Å². The fraction of sp³-hybridized carbons (Fsp3) is 0.217. The molecule has 0 saturated heterocycles. The maximum atomic E-state index is 14.4. The van der Waals surface area contributed by atoms with Crippen molar-refractivity contribution in [2.45, 2.75) is 31.0 Å². The lowest BCUT2D eigenvalue weighted by molar-refractivity contribution is -0.253. The number of nitrogens with two attached hydrogens (primary N) is 2. The van der Waals surface area contributed by atoms with Crippen LogP contribution in [0.15, 0.2) is 66.7 Å². The summed E-state index contributed by atoms with van der Waals surface area (Å²) in [4.78, 5) is 0. The predicted molar refractivity (Wildman–Crippen MR) is 107 cm³/mol.